The summed E-state index contributed by atoms with van der Waals surface area (Å²) in [6, 6.07) is 0. The molecule has 4 rings (SSSR count). The van der Waals surface area contributed by atoms with Crippen LogP contribution in [-0.4, -0.2) is 53.8 Å². The highest BCUT2D eigenvalue weighted by molar-refractivity contribution is 5.90. The molecule has 1 saturated heterocycles. The second kappa shape index (κ2) is 8.91. The lowest BCUT2D eigenvalue weighted by molar-refractivity contribution is -0.191. The van der Waals surface area contributed by atoms with Crippen LogP contribution in [0, 0.1) is 34.0 Å². The van der Waals surface area contributed by atoms with Crippen LogP contribution in [0.3, 0.4) is 0 Å². The predicted molar refractivity (Wildman–Crippen MR) is 126 cm³/mol. The average Bonchev–Trinajstić information content (AvgIpc) is 3.37. The monoisotopic (exact) mass is 490 g/mol. The third-order valence-electron chi connectivity index (χ3n) is 10.0. The second-order valence-electron chi connectivity index (χ2n) is 11.6. The minimum atomic E-state index is -1.06. The van der Waals surface area contributed by atoms with Gasteiger partial charge in [0.15, 0.2) is 6.10 Å². The topological polar surface area (TPSA) is 131 Å². The SMILES string of the molecule is C=C[C@]1(C)C[C@@H](OC(=O)NC(=O)O[C@H]2CCNC2=O)[C@@]2(C)C(C)CC[C@]3(CCC(=O)[C@H]32)[C@@H](C)[C@@H]1O. The predicted octanol–water partition coefficient (Wildman–Crippen LogP) is 3.10. The van der Waals surface area contributed by atoms with E-state index in [4.69, 9.17) is 9.47 Å². The van der Waals surface area contributed by atoms with Crippen LogP contribution in [-0.2, 0) is 19.1 Å². The molecule has 3 saturated carbocycles. The largest absolute Gasteiger partial charge is 0.445 e. The molecule has 1 aliphatic heterocycles. The van der Waals surface area contributed by atoms with Gasteiger partial charge in [-0.3, -0.25) is 9.59 Å². The number of aliphatic hydroxyl groups excluding tert-OH is 1. The molecule has 9 nitrogen and oxygen atoms in total. The lowest BCUT2D eigenvalue weighted by atomic mass is 9.44. The maximum absolute atomic E-state index is 13.4. The van der Waals surface area contributed by atoms with E-state index in [1.807, 2.05) is 20.8 Å². The van der Waals surface area contributed by atoms with E-state index in [0.717, 1.165) is 12.8 Å². The molecule has 4 fully saturated rings. The number of hydrogen-bond donors (Lipinski definition) is 3. The first kappa shape index (κ1) is 25.7. The molecule has 3 amide bonds. The van der Waals surface area contributed by atoms with E-state index in [2.05, 4.69) is 24.1 Å². The van der Waals surface area contributed by atoms with E-state index in [9.17, 15) is 24.3 Å². The van der Waals surface area contributed by atoms with Crippen molar-refractivity contribution in [3.8, 4) is 0 Å². The third kappa shape index (κ3) is 3.96. The van der Waals surface area contributed by atoms with E-state index >= 15 is 0 Å². The van der Waals surface area contributed by atoms with Crippen LogP contribution in [0.15, 0.2) is 12.7 Å². The zero-order valence-electron chi connectivity index (χ0n) is 21.1. The fourth-order valence-electron chi connectivity index (χ4n) is 7.59. The second-order valence-corrected chi connectivity index (χ2v) is 11.6. The summed E-state index contributed by atoms with van der Waals surface area (Å²) in [5.74, 6) is -0.661. The number of imide groups is 1. The molecule has 1 heterocycles. The van der Waals surface area contributed by atoms with Crippen molar-refractivity contribution in [2.75, 3.05) is 6.54 Å². The van der Waals surface area contributed by atoms with Crippen LogP contribution in [0.1, 0.15) is 66.2 Å². The zero-order valence-corrected chi connectivity index (χ0v) is 21.1. The van der Waals surface area contributed by atoms with Gasteiger partial charge >= 0.3 is 12.2 Å². The summed E-state index contributed by atoms with van der Waals surface area (Å²) in [5.41, 5.74) is -1.83. The van der Waals surface area contributed by atoms with E-state index in [-0.39, 0.29) is 35.4 Å². The average molecular weight is 491 g/mol. The van der Waals surface area contributed by atoms with Gasteiger partial charge in [0.2, 0.25) is 0 Å². The van der Waals surface area contributed by atoms with Crippen molar-refractivity contribution in [2.24, 2.45) is 34.0 Å². The normalized spacial score (nSPS) is 44.9. The van der Waals surface area contributed by atoms with E-state index < -0.39 is 47.2 Å². The first-order chi connectivity index (χ1) is 16.4. The molecule has 4 aliphatic rings. The Balaban J connectivity index is 1.64. The Labute approximate surface area is 206 Å². The number of amides is 3. The van der Waals surface area contributed by atoms with Crippen LogP contribution in [0.4, 0.5) is 9.59 Å². The molecule has 1 unspecified atom stereocenters. The Bertz CT molecular complexity index is 937. The molecule has 0 aromatic carbocycles. The molecule has 0 aromatic rings. The van der Waals surface area contributed by atoms with Crippen LogP contribution < -0.4 is 10.6 Å². The molecule has 0 radical (unpaired) electrons. The Morgan fingerprint density at radius 2 is 1.83 bits per heavy atom. The summed E-state index contributed by atoms with van der Waals surface area (Å²) in [6.45, 7) is 12.4. The van der Waals surface area contributed by atoms with Crippen molar-refractivity contribution < 1.29 is 33.8 Å². The van der Waals surface area contributed by atoms with Crippen LogP contribution in [0.2, 0.25) is 0 Å². The molecule has 9 atom stereocenters. The fourth-order valence-corrected chi connectivity index (χ4v) is 7.59. The van der Waals surface area contributed by atoms with Gasteiger partial charge in [-0.25, -0.2) is 14.9 Å². The standard InChI is InChI=1S/C26H38N2O7/c1-6-24(4)13-18(35-23(33)28-22(32)34-17-9-12-27-21(17)31)25(5)14(2)7-10-26(15(3)20(24)30)11-8-16(29)19(25)26/h6,14-15,17-20,30H,1,7-13H2,2-5H3,(H,27,31)(H,28,32,33)/t14?,15-,17-,18+,19-,20-,24+,25+,26-/m0/s1. The number of carbonyl (C=O) groups is 4. The molecule has 194 valence electrons. The Hall–Kier alpha value is -2.42. The van der Waals surface area contributed by atoms with Gasteiger partial charge in [0.25, 0.3) is 5.91 Å². The highest BCUT2D eigenvalue weighted by atomic mass is 16.6. The maximum atomic E-state index is 13.4. The van der Waals surface area contributed by atoms with Gasteiger partial charge < -0.3 is 19.9 Å². The lowest BCUT2D eigenvalue weighted by Gasteiger charge is -2.61. The van der Waals surface area contributed by atoms with Crippen molar-refractivity contribution in [3.05, 3.63) is 12.7 Å². The van der Waals surface area contributed by atoms with E-state index in [1.54, 1.807) is 6.08 Å². The quantitative estimate of drug-likeness (QED) is 0.518. The van der Waals surface area contributed by atoms with Crippen LogP contribution >= 0.6 is 0 Å². The van der Waals surface area contributed by atoms with Crippen molar-refractivity contribution >= 4 is 23.9 Å². The maximum Gasteiger partial charge on any atom is 0.417 e. The summed E-state index contributed by atoms with van der Waals surface area (Å²) >= 11 is 0. The molecule has 35 heavy (non-hydrogen) atoms. The van der Waals surface area contributed by atoms with Gasteiger partial charge in [0.1, 0.15) is 11.9 Å². The number of rotatable bonds is 3. The lowest BCUT2D eigenvalue weighted by Crippen LogP contribution is -2.63. The van der Waals surface area contributed by atoms with Gasteiger partial charge in [0.05, 0.1) is 6.10 Å². The highest BCUT2D eigenvalue weighted by Gasteiger charge is 2.68. The number of ketones is 1. The van der Waals surface area contributed by atoms with Gasteiger partial charge in [-0.1, -0.05) is 33.8 Å². The summed E-state index contributed by atoms with van der Waals surface area (Å²) in [7, 11) is 0. The summed E-state index contributed by atoms with van der Waals surface area (Å²) in [5, 5.41) is 16.2. The molecular weight excluding hydrogens is 452 g/mol. The number of ether oxygens (including phenoxy) is 2. The number of Topliss-reactive ketones (excluding diaryl/α,β-unsaturated/α-hetero) is 1. The van der Waals surface area contributed by atoms with Crippen molar-refractivity contribution in [1.82, 2.24) is 10.6 Å². The first-order valence-electron chi connectivity index (χ1n) is 12.7. The van der Waals surface area contributed by atoms with Crippen molar-refractivity contribution in [2.45, 2.75) is 84.5 Å². The number of carbonyl (C=O) groups excluding carboxylic acids is 4. The Morgan fingerprint density at radius 1 is 1.14 bits per heavy atom. The fraction of sp³-hybridized carbons (Fsp3) is 0.769. The zero-order chi connectivity index (χ0) is 25.8. The molecule has 3 aliphatic carbocycles. The highest BCUT2D eigenvalue weighted by Crippen LogP contribution is 2.67. The number of alkyl carbamates (subject to hydrolysis) is 2. The summed E-state index contributed by atoms with van der Waals surface area (Å²) < 4.78 is 11.0. The number of nitrogens with one attached hydrogen (secondary N) is 2. The van der Waals surface area contributed by atoms with Crippen LogP contribution in [0.25, 0.3) is 0 Å². The first-order valence-corrected chi connectivity index (χ1v) is 12.7. The number of hydrogen-bond acceptors (Lipinski definition) is 7. The minimum absolute atomic E-state index is 0.0751. The molecule has 2 bridgehead atoms. The number of aliphatic hydroxyl groups is 1. The van der Waals surface area contributed by atoms with Gasteiger partial charge in [0, 0.05) is 36.1 Å². The third-order valence-corrected chi connectivity index (χ3v) is 10.0. The molecule has 0 spiro atoms. The summed E-state index contributed by atoms with van der Waals surface area (Å²) in [6.07, 6.45) is 0.619. The molecule has 3 N–H and O–H groups in total. The summed E-state index contributed by atoms with van der Waals surface area (Å²) in [4.78, 5) is 50.2. The Morgan fingerprint density at radius 3 is 2.46 bits per heavy atom. The smallest absolute Gasteiger partial charge is 0.417 e. The molecule has 9 heteroatoms. The van der Waals surface area contributed by atoms with E-state index in [0.29, 0.717) is 25.8 Å². The van der Waals surface area contributed by atoms with E-state index in [1.165, 1.54) is 0 Å². The van der Waals surface area contributed by atoms with Gasteiger partial charge in [-0.15, -0.1) is 6.58 Å². The molecular formula is C26H38N2O7. The van der Waals surface area contributed by atoms with Crippen molar-refractivity contribution in [3.63, 3.8) is 0 Å². The van der Waals surface area contributed by atoms with Gasteiger partial charge in [-0.2, -0.15) is 0 Å². The Kier molecular flexibility index (Phi) is 6.53. The minimum Gasteiger partial charge on any atom is -0.445 e. The van der Waals surface area contributed by atoms with Gasteiger partial charge in [-0.05, 0) is 42.9 Å². The van der Waals surface area contributed by atoms with Crippen molar-refractivity contribution in [1.29, 1.82) is 0 Å². The van der Waals surface area contributed by atoms with Crippen LogP contribution in [0.5, 0.6) is 0 Å². The molecule has 0 aromatic heterocycles.